The molecule has 0 amide bonds. The fraction of sp³-hybridized carbons (Fsp3) is 0.160. The fourth-order valence-corrected chi connectivity index (χ4v) is 3.50. The van der Waals surface area contributed by atoms with Crippen molar-refractivity contribution in [1.82, 2.24) is 0 Å². The molecule has 0 bridgehead atoms. The first-order valence-corrected chi connectivity index (χ1v) is 10.4. The van der Waals surface area contributed by atoms with E-state index in [1.54, 1.807) is 48.5 Å². The smallest absolute Gasteiger partial charge is 0.461 e. The summed E-state index contributed by atoms with van der Waals surface area (Å²) in [6.45, 7) is 0.135. The molecule has 3 aromatic rings. The molecule has 3 aromatic carbocycles. The van der Waals surface area contributed by atoms with Crippen LogP contribution in [0.4, 0.5) is 17.6 Å². The fourth-order valence-electron chi connectivity index (χ4n) is 3.37. The lowest BCUT2D eigenvalue weighted by Gasteiger charge is -2.17. The molecular formula is C25H17ClF4O4. The maximum atomic E-state index is 13.1. The van der Waals surface area contributed by atoms with Crippen LogP contribution in [0.2, 0.25) is 5.02 Å². The zero-order valence-electron chi connectivity index (χ0n) is 17.4. The van der Waals surface area contributed by atoms with Crippen LogP contribution in [0.15, 0.2) is 72.8 Å². The van der Waals surface area contributed by atoms with Gasteiger partial charge < -0.3 is 14.2 Å². The zero-order chi connectivity index (χ0) is 24.3. The van der Waals surface area contributed by atoms with Crippen molar-refractivity contribution in [3.63, 3.8) is 0 Å². The standard InChI is InChI=1S/C25H17ClF4O4/c26-17-9-7-16(8-10-17)20-14-33-23(31)22(20)19-3-1-2-4-21(19)32-13-15-5-11-18(12-6-15)34-25(29,30)24(27)28/h1-12,24H,13-14H2. The van der Waals surface area contributed by atoms with Crippen molar-refractivity contribution in [1.29, 1.82) is 0 Å². The van der Waals surface area contributed by atoms with Crippen molar-refractivity contribution in [2.75, 3.05) is 6.61 Å². The van der Waals surface area contributed by atoms with Crippen LogP contribution >= 0.6 is 11.6 Å². The summed E-state index contributed by atoms with van der Waals surface area (Å²) in [7, 11) is 0. The Labute approximate surface area is 197 Å². The summed E-state index contributed by atoms with van der Waals surface area (Å²) in [4.78, 5) is 12.6. The van der Waals surface area contributed by atoms with Crippen LogP contribution in [0.25, 0.3) is 11.1 Å². The first-order valence-electron chi connectivity index (χ1n) is 10.1. The van der Waals surface area contributed by atoms with E-state index in [9.17, 15) is 22.4 Å². The Morgan fingerprint density at radius 2 is 1.65 bits per heavy atom. The second kappa shape index (κ2) is 9.77. The molecule has 176 valence electrons. The number of cyclic esters (lactones) is 1. The van der Waals surface area contributed by atoms with E-state index in [-0.39, 0.29) is 13.2 Å². The Morgan fingerprint density at radius 1 is 0.971 bits per heavy atom. The largest absolute Gasteiger partial charge is 0.488 e. The van der Waals surface area contributed by atoms with E-state index in [2.05, 4.69) is 4.74 Å². The maximum absolute atomic E-state index is 13.1. The summed E-state index contributed by atoms with van der Waals surface area (Å²) >= 11 is 5.97. The van der Waals surface area contributed by atoms with Gasteiger partial charge in [-0.15, -0.1) is 0 Å². The zero-order valence-corrected chi connectivity index (χ0v) is 18.2. The first-order chi connectivity index (χ1) is 16.2. The van der Waals surface area contributed by atoms with E-state index in [1.807, 2.05) is 0 Å². The summed E-state index contributed by atoms with van der Waals surface area (Å²) in [6, 6.07) is 19.1. The van der Waals surface area contributed by atoms with Crippen LogP contribution in [0.3, 0.4) is 0 Å². The molecule has 1 aliphatic heterocycles. The average Bonchev–Trinajstić information content (AvgIpc) is 3.20. The Kier molecular flexibility index (Phi) is 6.79. The molecule has 34 heavy (non-hydrogen) atoms. The summed E-state index contributed by atoms with van der Waals surface area (Å²) in [5.41, 5.74) is 2.96. The van der Waals surface area contributed by atoms with E-state index in [1.165, 1.54) is 12.1 Å². The Bertz CT molecular complexity index is 1210. The van der Waals surface area contributed by atoms with Crippen LogP contribution in [0, 0.1) is 0 Å². The van der Waals surface area contributed by atoms with Crippen molar-refractivity contribution in [2.45, 2.75) is 19.1 Å². The van der Waals surface area contributed by atoms with E-state index in [0.29, 0.717) is 33.0 Å². The van der Waals surface area contributed by atoms with Gasteiger partial charge in [0.1, 0.15) is 24.7 Å². The minimum atomic E-state index is -4.58. The van der Waals surface area contributed by atoms with Gasteiger partial charge in [-0.05, 0) is 41.5 Å². The second-order valence-electron chi connectivity index (χ2n) is 7.33. The highest BCUT2D eigenvalue weighted by molar-refractivity contribution is 6.31. The number of carbonyl (C=O) groups is 1. The highest BCUT2D eigenvalue weighted by Crippen LogP contribution is 2.37. The molecule has 0 aliphatic carbocycles. The predicted octanol–water partition coefficient (Wildman–Crippen LogP) is 6.62. The molecule has 0 saturated carbocycles. The topological polar surface area (TPSA) is 44.8 Å². The number of para-hydroxylation sites is 1. The molecule has 9 heteroatoms. The lowest BCUT2D eigenvalue weighted by atomic mass is 9.96. The predicted molar refractivity (Wildman–Crippen MR) is 118 cm³/mol. The average molecular weight is 493 g/mol. The lowest BCUT2D eigenvalue weighted by molar-refractivity contribution is -0.253. The molecular weight excluding hydrogens is 476 g/mol. The van der Waals surface area contributed by atoms with Gasteiger partial charge in [0.15, 0.2) is 0 Å². The number of esters is 1. The van der Waals surface area contributed by atoms with Gasteiger partial charge in [0.25, 0.3) is 0 Å². The second-order valence-corrected chi connectivity index (χ2v) is 7.77. The summed E-state index contributed by atoms with van der Waals surface area (Å²) in [5.74, 6) is -0.476. The van der Waals surface area contributed by atoms with Crippen LogP contribution < -0.4 is 9.47 Å². The molecule has 0 radical (unpaired) electrons. The minimum absolute atomic E-state index is 0.0289. The minimum Gasteiger partial charge on any atom is -0.488 e. The summed E-state index contributed by atoms with van der Waals surface area (Å²) in [5, 5.41) is 0.564. The number of benzene rings is 3. The molecule has 0 N–H and O–H groups in total. The van der Waals surface area contributed by atoms with Gasteiger partial charge in [0, 0.05) is 16.2 Å². The van der Waals surface area contributed by atoms with Gasteiger partial charge >= 0.3 is 18.5 Å². The van der Waals surface area contributed by atoms with Crippen LogP contribution in [0.5, 0.6) is 11.5 Å². The Hall–Kier alpha value is -3.52. The molecule has 0 spiro atoms. The van der Waals surface area contributed by atoms with Crippen LogP contribution in [0.1, 0.15) is 16.7 Å². The number of rotatable bonds is 8. The molecule has 4 nitrogen and oxygen atoms in total. The molecule has 1 aliphatic rings. The first kappa shape index (κ1) is 23.6. The van der Waals surface area contributed by atoms with Crippen molar-refractivity contribution in [3.05, 3.63) is 94.5 Å². The van der Waals surface area contributed by atoms with Gasteiger partial charge in [-0.2, -0.15) is 17.6 Å². The number of hydrogen-bond donors (Lipinski definition) is 0. The van der Waals surface area contributed by atoms with E-state index in [4.69, 9.17) is 21.1 Å². The molecule has 0 saturated heterocycles. The molecule has 4 rings (SSSR count). The third-order valence-corrected chi connectivity index (χ3v) is 5.28. The number of ether oxygens (including phenoxy) is 3. The van der Waals surface area contributed by atoms with Crippen LogP contribution in [-0.4, -0.2) is 25.1 Å². The van der Waals surface area contributed by atoms with Crippen molar-refractivity contribution in [3.8, 4) is 11.5 Å². The number of hydrogen-bond acceptors (Lipinski definition) is 4. The Morgan fingerprint density at radius 3 is 2.32 bits per heavy atom. The van der Waals surface area contributed by atoms with Gasteiger partial charge in [0.2, 0.25) is 0 Å². The van der Waals surface area contributed by atoms with Crippen molar-refractivity contribution < 1.29 is 36.6 Å². The summed E-state index contributed by atoms with van der Waals surface area (Å²) in [6.07, 6.45) is -8.52. The molecule has 1 heterocycles. The van der Waals surface area contributed by atoms with Crippen molar-refractivity contribution in [2.24, 2.45) is 0 Å². The number of halogens is 5. The summed E-state index contributed by atoms with van der Waals surface area (Å²) < 4.78 is 65.9. The normalized spacial score (nSPS) is 13.9. The number of carbonyl (C=O) groups excluding carboxylic acids is 1. The molecule has 0 atom stereocenters. The van der Waals surface area contributed by atoms with Gasteiger partial charge in [-0.3, -0.25) is 0 Å². The highest BCUT2D eigenvalue weighted by atomic mass is 35.5. The monoisotopic (exact) mass is 492 g/mol. The maximum Gasteiger partial charge on any atom is 0.461 e. The van der Waals surface area contributed by atoms with E-state index < -0.39 is 24.3 Å². The van der Waals surface area contributed by atoms with Gasteiger partial charge in [-0.1, -0.05) is 54.1 Å². The van der Waals surface area contributed by atoms with Gasteiger partial charge in [-0.25, -0.2) is 4.79 Å². The van der Waals surface area contributed by atoms with E-state index in [0.717, 1.165) is 17.7 Å². The molecule has 0 unspecified atom stereocenters. The third kappa shape index (κ3) is 5.17. The number of alkyl halides is 4. The molecule has 0 aromatic heterocycles. The van der Waals surface area contributed by atoms with Crippen LogP contribution in [-0.2, 0) is 16.1 Å². The van der Waals surface area contributed by atoms with E-state index >= 15 is 0 Å². The SMILES string of the molecule is O=C1OCC(c2ccc(Cl)cc2)=C1c1ccccc1OCc1ccc(OC(F)(F)C(F)F)cc1. The third-order valence-electron chi connectivity index (χ3n) is 5.03. The van der Waals surface area contributed by atoms with Gasteiger partial charge in [0.05, 0.1) is 5.57 Å². The Balaban J connectivity index is 1.55. The molecule has 0 fully saturated rings. The lowest BCUT2D eigenvalue weighted by Crippen LogP contribution is -2.33. The van der Waals surface area contributed by atoms with Crippen molar-refractivity contribution >= 4 is 28.7 Å². The highest BCUT2D eigenvalue weighted by Gasteiger charge is 2.43. The quantitative estimate of drug-likeness (QED) is 0.262.